The largest absolute Gasteiger partial charge is 0.465 e. The van der Waals surface area contributed by atoms with Gasteiger partial charge < -0.3 is 4.74 Å². The van der Waals surface area contributed by atoms with Gasteiger partial charge in [0.2, 0.25) is 0 Å². The maximum Gasteiger partial charge on any atom is 0.311 e. The van der Waals surface area contributed by atoms with E-state index in [1.165, 1.54) is 0 Å². The lowest BCUT2D eigenvalue weighted by molar-refractivity contribution is -0.143. The van der Waals surface area contributed by atoms with E-state index < -0.39 is 0 Å². The lowest BCUT2D eigenvalue weighted by atomic mass is 10.2. The van der Waals surface area contributed by atoms with Crippen molar-refractivity contribution in [2.24, 2.45) is 5.10 Å². The van der Waals surface area contributed by atoms with Crippen molar-refractivity contribution in [2.75, 3.05) is 12.0 Å². The molecule has 0 aliphatic carbocycles. The van der Waals surface area contributed by atoms with Gasteiger partial charge in [-0.3, -0.25) is 10.2 Å². The quantitative estimate of drug-likeness (QED) is 0.665. The molecule has 0 amide bonds. The average Bonchev–Trinajstić information content (AvgIpc) is 2.31. The first-order valence-electron chi connectivity index (χ1n) is 5.07. The molecule has 1 N–H and O–H groups in total. The first-order valence-corrected chi connectivity index (χ1v) is 5.83. The van der Waals surface area contributed by atoms with E-state index in [0.717, 1.165) is 11.4 Å². The van der Waals surface area contributed by atoms with Gasteiger partial charge in [-0.05, 0) is 18.2 Å². The standard InChI is InChI=1S/C11H10Cl2N2O2/c12-9-2-1-7(5-10(9)13)14-15-8-3-4-17-11(16)6-8/h1-2,5,14H,3-4,6H2/b15-8-. The van der Waals surface area contributed by atoms with Crippen molar-refractivity contribution in [2.45, 2.75) is 12.8 Å². The summed E-state index contributed by atoms with van der Waals surface area (Å²) in [5.41, 5.74) is 4.34. The molecule has 0 saturated carbocycles. The predicted molar refractivity (Wildman–Crippen MR) is 67.7 cm³/mol. The Kier molecular flexibility index (Phi) is 3.86. The minimum Gasteiger partial charge on any atom is -0.465 e. The first kappa shape index (κ1) is 12.2. The molecule has 90 valence electrons. The zero-order valence-electron chi connectivity index (χ0n) is 8.87. The molecular weight excluding hydrogens is 263 g/mol. The van der Waals surface area contributed by atoms with Crippen LogP contribution in [0.1, 0.15) is 12.8 Å². The summed E-state index contributed by atoms with van der Waals surface area (Å²) in [6, 6.07) is 5.12. The van der Waals surface area contributed by atoms with Gasteiger partial charge in [-0.1, -0.05) is 23.2 Å². The summed E-state index contributed by atoms with van der Waals surface area (Å²) in [5.74, 6) is -0.245. The van der Waals surface area contributed by atoms with Gasteiger partial charge in [0.15, 0.2) is 0 Å². The lowest BCUT2D eigenvalue weighted by Gasteiger charge is -2.13. The minimum atomic E-state index is -0.245. The molecule has 0 unspecified atom stereocenters. The normalized spacial score (nSPS) is 18.0. The van der Waals surface area contributed by atoms with Crippen molar-refractivity contribution < 1.29 is 9.53 Å². The summed E-state index contributed by atoms with van der Waals surface area (Å²) in [4.78, 5) is 11.0. The first-order chi connectivity index (χ1) is 8.15. The Labute approximate surface area is 109 Å². The number of hydrogen-bond donors (Lipinski definition) is 1. The number of benzene rings is 1. The molecule has 0 radical (unpaired) electrons. The Bertz CT molecular complexity index is 475. The zero-order chi connectivity index (χ0) is 12.3. The highest BCUT2D eigenvalue weighted by atomic mass is 35.5. The summed E-state index contributed by atoms with van der Waals surface area (Å²) in [6.45, 7) is 0.390. The topological polar surface area (TPSA) is 50.7 Å². The molecule has 1 aliphatic heterocycles. The van der Waals surface area contributed by atoms with Gasteiger partial charge in [-0.15, -0.1) is 0 Å². The second kappa shape index (κ2) is 5.38. The number of rotatable bonds is 2. The highest BCUT2D eigenvalue weighted by molar-refractivity contribution is 6.42. The molecule has 17 heavy (non-hydrogen) atoms. The number of ether oxygens (including phenoxy) is 1. The van der Waals surface area contributed by atoms with Gasteiger partial charge in [0.25, 0.3) is 0 Å². The van der Waals surface area contributed by atoms with Gasteiger partial charge in [0.1, 0.15) is 0 Å². The Morgan fingerprint density at radius 1 is 1.29 bits per heavy atom. The van der Waals surface area contributed by atoms with Crippen LogP contribution in [0.3, 0.4) is 0 Å². The second-order valence-electron chi connectivity index (χ2n) is 3.57. The molecular formula is C11H10Cl2N2O2. The number of hydrazone groups is 1. The van der Waals surface area contributed by atoms with Crippen LogP contribution in [0.5, 0.6) is 0 Å². The maximum atomic E-state index is 11.0. The van der Waals surface area contributed by atoms with Crippen molar-refractivity contribution in [1.82, 2.24) is 0 Å². The fraction of sp³-hybridized carbons (Fsp3) is 0.273. The Balaban J connectivity index is 2.03. The van der Waals surface area contributed by atoms with Crippen molar-refractivity contribution in [3.05, 3.63) is 28.2 Å². The van der Waals surface area contributed by atoms with E-state index in [1.54, 1.807) is 18.2 Å². The third-order valence-electron chi connectivity index (χ3n) is 2.26. The predicted octanol–water partition coefficient (Wildman–Crippen LogP) is 3.10. The zero-order valence-corrected chi connectivity index (χ0v) is 10.4. The van der Waals surface area contributed by atoms with Crippen molar-refractivity contribution >= 4 is 40.6 Å². The van der Waals surface area contributed by atoms with E-state index >= 15 is 0 Å². The molecule has 4 nitrogen and oxygen atoms in total. The van der Waals surface area contributed by atoms with Crippen LogP contribution in [0.4, 0.5) is 5.69 Å². The van der Waals surface area contributed by atoms with E-state index in [9.17, 15) is 4.79 Å². The van der Waals surface area contributed by atoms with Crippen LogP contribution < -0.4 is 5.43 Å². The van der Waals surface area contributed by atoms with E-state index in [2.05, 4.69) is 10.5 Å². The molecule has 1 aromatic rings. The van der Waals surface area contributed by atoms with Crippen LogP contribution in [0.2, 0.25) is 10.0 Å². The summed E-state index contributed by atoms with van der Waals surface area (Å²) in [5, 5.41) is 5.09. The number of nitrogens with zero attached hydrogens (tertiary/aromatic N) is 1. The molecule has 1 fully saturated rings. The molecule has 0 atom stereocenters. The number of nitrogens with one attached hydrogen (secondary N) is 1. The fourth-order valence-corrected chi connectivity index (χ4v) is 1.69. The van der Waals surface area contributed by atoms with Crippen molar-refractivity contribution in [3.63, 3.8) is 0 Å². The molecule has 1 aliphatic rings. The van der Waals surface area contributed by atoms with E-state index in [4.69, 9.17) is 27.9 Å². The van der Waals surface area contributed by atoms with Gasteiger partial charge >= 0.3 is 5.97 Å². The maximum absolute atomic E-state index is 11.0. The lowest BCUT2D eigenvalue weighted by Crippen LogP contribution is -2.21. The smallest absolute Gasteiger partial charge is 0.311 e. The van der Waals surface area contributed by atoms with Crippen LogP contribution in [0.15, 0.2) is 23.3 Å². The second-order valence-corrected chi connectivity index (χ2v) is 4.38. The summed E-state index contributed by atoms with van der Waals surface area (Å²) >= 11 is 11.7. The number of hydrogen-bond acceptors (Lipinski definition) is 4. The number of halogens is 2. The number of carbonyl (C=O) groups is 1. The monoisotopic (exact) mass is 272 g/mol. The van der Waals surface area contributed by atoms with E-state index in [0.29, 0.717) is 23.1 Å². The Morgan fingerprint density at radius 3 is 2.82 bits per heavy atom. The van der Waals surface area contributed by atoms with Gasteiger partial charge in [0, 0.05) is 6.42 Å². The molecule has 0 aromatic heterocycles. The summed E-state index contributed by atoms with van der Waals surface area (Å²) in [7, 11) is 0. The van der Waals surface area contributed by atoms with Crippen molar-refractivity contribution in [1.29, 1.82) is 0 Å². The third-order valence-corrected chi connectivity index (χ3v) is 3.00. The molecule has 1 heterocycles. The van der Waals surface area contributed by atoms with E-state index in [-0.39, 0.29) is 12.4 Å². The van der Waals surface area contributed by atoms with Crippen molar-refractivity contribution in [3.8, 4) is 0 Å². The molecule has 2 rings (SSSR count). The van der Waals surface area contributed by atoms with E-state index in [1.807, 2.05) is 0 Å². The summed E-state index contributed by atoms with van der Waals surface area (Å²) in [6.07, 6.45) is 0.883. The Hall–Kier alpha value is -1.26. The number of anilines is 1. The minimum absolute atomic E-state index is 0.230. The van der Waals surface area contributed by atoms with Gasteiger partial charge in [-0.2, -0.15) is 5.10 Å². The van der Waals surface area contributed by atoms with Gasteiger partial charge in [-0.25, -0.2) is 0 Å². The van der Waals surface area contributed by atoms with Crippen LogP contribution in [0.25, 0.3) is 0 Å². The van der Waals surface area contributed by atoms with Crippen LogP contribution >= 0.6 is 23.2 Å². The highest BCUT2D eigenvalue weighted by Crippen LogP contribution is 2.25. The molecule has 1 aromatic carbocycles. The van der Waals surface area contributed by atoms with Crippen LogP contribution in [0, 0.1) is 0 Å². The van der Waals surface area contributed by atoms with Gasteiger partial charge in [0.05, 0.1) is 34.5 Å². The molecule has 0 bridgehead atoms. The molecule has 0 spiro atoms. The molecule has 1 saturated heterocycles. The average molecular weight is 273 g/mol. The van der Waals surface area contributed by atoms with Crippen LogP contribution in [-0.4, -0.2) is 18.3 Å². The number of cyclic esters (lactones) is 1. The fourth-order valence-electron chi connectivity index (χ4n) is 1.39. The SMILES string of the molecule is O=C1C/C(=N\Nc2ccc(Cl)c(Cl)c2)CCO1. The Morgan fingerprint density at radius 2 is 2.12 bits per heavy atom. The summed E-state index contributed by atoms with van der Waals surface area (Å²) < 4.78 is 4.81. The number of carbonyl (C=O) groups excluding carboxylic acids is 1. The highest BCUT2D eigenvalue weighted by Gasteiger charge is 2.15. The molecule has 6 heteroatoms. The number of esters is 1. The third kappa shape index (κ3) is 3.35. The van der Waals surface area contributed by atoms with Crippen LogP contribution in [-0.2, 0) is 9.53 Å².